The van der Waals surface area contributed by atoms with Crippen molar-refractivity contribution in [1.29, 1.82) is 0 Å². The molecule has 1 N–H and O–H groups in total. The molecule has 0 spiro atoms. The number of aromatic nitrogens is 2. The first-order valence-corrected chi connectivity index (χ1v) is 7.72. The van der Waals surface area contributed by atoms with E-state index in [1.807, 2.05) is 6.92 Å². The van der Waals surface area contributed by atoms with Crippen molar-refractivity contribution < 1.29 is 14.3 Å². The number of benzene rings is 1. The van der Waals surface area contributed by atoms with Gasteiger partial charge in [-0.2, -0.15) is 0 Å². The lowest BCUT2D eigenvalue weighted by molar-refractivity contribution is -0.0124. The quantitative estimate of drug-likeness (QED) is 0.926. The van der Waals surface area contributed by atoms with Gasteiger partial charge in [-0.25, -0.2) is 4.98 Å². The minimum atomic E-state index is -0.368. The van der Waals surface area contributed by atoms with Gasteiger partial charge in [0.25, 0.3) is 11.8 Å². The van der Waals surface area contributed by atoms with Crippen LogP contribution in [-0.2, 0) is 4.74 Å². The monoisotopic (exact) mass is 326 g/mol. The van der Waals surface area contributed by atoms with Gasteiger partial charge in [-0.15, -0.1) is 0 Å². The van der Waals surface area contributed by atoms with E-state index in [-0.39, 0.29) is 23.6 Å². The number of hydrogen-bond acceptors (Lipinski definition) is 5. The number of amides is 2. The van der Waals surface area contributed by atoms with Crippen LogP contribution in [0.5, 0.6) is 0 Å². The molecule has 1 aromatic heterocycles. The van der Waals surface area contributed by atoms with Crippen LogP contribution in [0.1, 0.15) is 27.8 Å². The zero-order valence-corrected chi connectivity index (χ0v) is 13.3. The lowest BCUT2D eigenvalue weighted by atomic mass is 10.1. The first-order chi connectivity index (χ1) is 11.6. The number of nitrogens with one attached hydrogen (secondary N) is 1. The van der Waals surface area contributed by atoms with Gasteiger partial charge in [0.05, 0.1) is 18.9 Å². The van der Waals surface area contributed by atoms with Crippen molar-refractivity contribution in [2.75, 3.05) is 25.0 Å². The number of hydrogen-bond donors (Lipinski definition) is 1. The normalized spacial score (nSPS) is 17.4. The molecule has 1 aliphatic heterocycles. The molecule has 0 radical (unpaired) electrons. The average molecular weight is 326 g/mol. The summed E-state index contributed by atoms with van der Waals surface area (Å²) in [4.78, 5) is 34.3. The summed E-state index contributed by atoms with van der Waals surface area (Å²) in [5.74, 6) is -0.437. The van der Waals surface area contributed by atoms with Crippen LogP contribution >= 0.6 is 0 Å². The molecule has 7 heteroatoms. The molecule has 124 valence electrons. The fourth-order valence-electron chi connectivity index (χ4n) is 2.53. The third kappa shape index (κ3) is 3.75. The fraction of sp³-hybridized carbons (Fsp3) is 0.294. The van der Waals surface area contributed by atoms with Crippen LogP contribution in [0.3, 0.4) is 0 Å². The summed E-state index contributed by atoms with van der Waals surface area (Å²) in [5, 5.41) is 2.73. The SMILES string of the molecule is CC1CN(C(=O)c2cccc(NC(=O)c3cnccn3)c2)CCO1. The second-order valence-corrected chi connectivity index (χ2v) is 5.56. The Balaban J connectivity index is 1.72. The summed E-state index contributed by atoms with van der Waals surface area (Å²) in [6.07, 6.45) is 4.37. The highest BCUT2D eigenvalue weighted by atomic mass is 16.5. The molecule has 24 heavy (non-hydrogen) atoms. The van der Waals surface area contributed by atoms with E-state index >= 15 is 0 Å². The van der Waals surface area contributed by atoms with Crippen molar-refractivity contribution in [3.05, 3.63) is 54.1 Å². The lowest BCUT2D eigenvalue weighted by Gasteiger charge is -2.31. The van der Waals surface area contributed by atoms with Gasteiger partial charge in [0.15, 0.2) is 0 Å². The molecule has 1 saturated heterocycles. The molecule has 0 aliphatic carbocycles. The average Bonchev–Trinajstić information content (AvgIpc) is 2.62. The van der Waals surface area contributed by atoms with E-state index in [2.05, 4.69) is 15.3 Å². The Morgan fingerprint density at radius 2 is 2.21 bits per heavy atom. The van der Waals surface area contributed by atoms with Gasteiger partial charge in [-0.1, -0.05) is 6.07 Å². The minimum Gasteiger partial charge on any atom is -0.375 e. The Bertz CT molecular complexity index is 736. The minimum absolute atomic E-state index is 0.0299. The molecule has 7 nitrogen and oxygen atoms in total. The highest BCUT2D eigenvalue weighted by Crippen LogP contribution is 2.15. The van der Waals surface area contributed by atoms with Crippen LogP contribution in [0.2, 0.25) is 0 Å². The molecule has 1 atom stereocenters. The maximum Gasteiger partial charge on any atom is 0.275 e. The third-order valence-corrected chi connectivity index (χ3v) is 3.69. The molecule has 1 fully saturated rings. The Morgan fingerprint density at radius 1 is 1.33 bits per heavy atom. The molecule has 2 aromatic rings. The topological polar surface area (TPSA) is 84.4 Å². The molecular weight excluding hydrogens is 308 g/mol. The summed E-state index contributed by atoms with van der Waals surface area (Å²) in [7, 11) is 0. The summed E-state index contributed by atoms with van der Waals surface area (Å²) in [5.41, 5.74) is 1.29. The summed E-state index contributed by atoms with van der Waals surface area (Å²) in [6.45, 7) is 3.61. The zero-order valence-electron chi connectivity index (χ0n) is 13.3. The lowest BCUT2D eigenvalue weighted by Crippen LogP contribution is -2.44. The Labute approximate surface area is 139 Å². The van der Waals surface area contributed by atoms with Crippen molar-refractivity contribution in [2.45, 2.75) is 13.0 Å². The fourth-order valence-corrected chi connectivity index (χ4v) is 2.53. The van der Waals surface area contributed by atoms with E-state index < -0.39 is 0 Å². The molecule has 2 heterocycles. The van der Waals surface area contributed by atoms with E-state index in [0.717, 1.165) is 0 Å². The third-order valence-electron chi connectivity index (χ3n) is 3.69. The summed E-state index contributed by atoms with van der Waals surface area (Å²) in [6, 6.07) is 6.87. The van der Waals surface area contributed by atoms with Gasteiger partial charge in [0, 0.05) is 36.7 Å². The summed E-state index contributed by atoms with van der Waals surface area (Å²) >= 11 is 0. The van der Waals surface area contributed by atoms with Crippen molar-refractivity contribution in [3.63, 3.8) is 0 Å². The largest absolute Gasteiger partial charge is 0.375 e. The molecule has 1 aromatic carbocycles. The van der Waals surface area contributed by atoms with Crippen molar-refractivity contribution in [3.8, 4) is 0 Å². The van der Waals surface area contributed by atoms with Crippen molar-refractivity contribution in [2.24, 2.45) is 0 Å². The predicted molar refractivity (Wildman–Crippen MR) is 87.7 cm³/mol. The number of ether oxygens (including phenoxy) is 1. The molecular formula is C17H18N4O3. The molecule has 1 aliphatic rings. The van der Waals surface area contributed by atoms with E-state index in [9.17, 15) is 9.59 Å². The standard InChI is InChI=1S/C17H18N4O3/c1-12-11-21(7-8-24-12)17(23)13-3-2-4-14(9-13)20-16(22)15-10-18-5-6-19-15/h2-6,9-10,12H,7-8,11H2,1H3,(H,20,22). The number of morpholine rings is 1. The van der Waals surface area contributed by atoms with E-state index in [1.54, 1.807) is 29.2 Å². The number of nitrogens with zero attached hydrogens (tertiary/aromatic N) is 3. The van der Waals surface area contributed by atoms with Crippen LogP contribution in [-0.4, -0.2) is 52.5 Å². The van der Waals surface area contributed by atoms with E-state index in [0.29, 0.717) is 30.9 Å². The second-order valence-electron chi connectivity index (χ2n) is 5.56. The Kier molecular flexibility index (Phi) is 4.81. The number of carbonyl (C=O) groups is 2. The van der Waals surface area contributed by atoms with E-state index in [1.165, 1.54) is 18.6 Å². The van der Waals surface area contributed by atoms with E-state index in [4.69, 9.17) is 4.74 Å². The Hall–Kier alpha value is -2.80. The van der Waals surface area contributed by atoms with Crippen molar-refractivity contribution >= 4 is 17.5 Å². The first kappa shape index (κ1) is 16.1. The van der Waals surface area contributed by atoms with Gasteiger partial charge in [-0.3, -0.25) is 14.6 Å². The van der Waals surface area contributed by atoms with Crippen LogP contribution in [0.25, 0.3) is 0 Å². The van der Waals surface area contributed by atoms with Gasteiger partial charge >= 0.3 is 0 Å². The predicted octanol–water partition coefficient (Wildman–Crippen LogP) is 1.59. The molecule has 1 unspecified atom stereocenters. The maximum absolute atomic E-state index is 12.6. The number of carbonyl (C=O) groups excluding carboxylic acids is 2. The van der Waals surface area contributed by atoms with Gasteiger partial charge < -0.3 is 15.0 Å². The molecule has 3 rings (SSSR count). The highest BCUT2D eigenvalue weighted by Gasteiger charge is 2.22. The Morgan fingerprint density at radius 3 is 2.96 bits per heavy atom. The molecule has 2 amide bonds. The molecule has 0 saturated carbocycles. The van der Waals surface area contributed by atoms with Gasteiger partial charge in [0.2, 0.25) is 0 Å². The smallest absolute Gasteiger partial charge is 0.275 e. The number of anilines is 1. The highest BCUT2D eigenvalue weighted by molar-refractivity contribution is 6.03. The molecule has 0 bridgehead atoms. The first-order valence-electron chi connectivity index (χ1n) is 7.72. The summed E-state index contributed by atoms with van der Waals surface area (Å²) < 4.78 is 5.46. The second kappa shape index (κ2) is 7.18. The zero-order chi connectivity index (χ0) is 16.9. The maximum atomic E-state index is 12.6. The van der Waals surface area contributed by atoms with Crippen LogP contribution in [0, 0.1) is 0 Å². The van der Waals surface area contributed by atoms with Crippen LogP contribution < -0.4 is 5.32 Å². The van der Waals surface area contributed by atoms with Crippen LogP contribution in [0.15, 0.2) is 42.9 Å². The van der Waals surface area contributed by atoms with Gasteiger partial charge in [-0.05, 0) is 25.1 Å². The van der Waals surface area contributed by atoms with Gasteiger partial charge in [0.1, 0.15) is 5.69 Å². The number of rotatable bonds is 3. The van der Waals surface area contributed by atoms with Crippen molar-refractivity contribution in [1.82, 2.24) is 14.9 Å². The van der Waals surface area contributed by atoms with Crippen LogP contribution in [0.4, 0.5) is 5.69 Å².